The molecule has 0 saturated carbocycles. The first-order valence-corrected chi connectivity index (χ1v) is 13.3. The number of carbonyl (C=O) groups excluding carboxylic acids is 1. The molecule has 1 atom stereocenters. The van der Waals surface area contributed by atoms with Gasteiger partial charge in [-0.15, -0.1) is 0 Å². The average Bonchev–Trinajstić information content (AvgIpc) is 2.85. The van der Waals surface area contributed by atoms with E-state index in [1.807, 2.05) is 18.4 Å². The molecule has 1 unspecified atom stereocenters. The number of nitrogens with two attached hydrogens (primary N) is 1. The van der Waals surface area contributed by atoms with Crippen molar-refractivity contribution in [1.82, 2.24) is 5.32 Å². The molecule has 0 radical (unpaired) electrons. The van der Waals surface area contributed by atoms with Gasteiger partial charge in [0.25, 0.3) is 0 Å². The Kier molecular flexibility index (Phi) is 15.1. The molecule has 0 aliphatic rings. The van der Waals surface area contributed by atoms with E-state index in [1.54, 1.807) is 12.2 Å². The fourth-order valence-corrected chi connectivity index (χ4v) is 4.01. The van der Waals surface area contributed by atoms with Gasteiger partial charge in [-0.2, -0.15) is 0 Å². The number of likely N-dealkylation sites (N-methyl/N-ethyl adjacent to an activating group) is 1. The molecule has 0 fully saturated rings. The van der Waals surface area contributed by atoms with Crippen LogP contribution in [0.5, 0.6) is 0 Å². The highest BCUT2D eigenvalue weighted by Crippen LogP contribution is 2.23. The van der Waals surface area contributed by atoms with E-state index in [-0.39, 0.29) is 11.7 Å². The van der Waals surface area contributed by atoms with Gasteiger partial charge in [-0.1, -0.05) is 88.6 Å². The van der Waals surface area contributed by atoms with Gasteiger partial charge in [0.05, 0.1) is 5.70 Å². The highest BCUT2D eigenvalue weighted by molar-refractivity contribution is 6.05. The molecule has 0 bridgehead atoms. The largest absolute Gasteiger partial charge is 0.405 e. The first-order valence-electron chi connectivity index (χ1n) is 13.3. The van der Waals surface area contributed by atoms with Gasteiger partial charge in [-0.05, 0) is 68.8 Å². The number of aliphatic imine (C=N–C) groups is 1. The summed E-state index contributed by atoms with van der Waals surface area (Å²) in [5, 5.41) is 5.29. The van der Waals surface area contributed by atoms with Crippen LogP contribution in [0.15, 0.2) is 70.4 Å². The Labute approximate surface area is 219 Å². The highest BCUT2D eigenvalue weighted by atomic mass is 16.1. The molecule has 4 heteroatoms. The molecule has 0 heterocycles. The van der Waals surface area contributed by atoms with E-state index < -0.39 is 0 Å². The summed E-state index contributed by atoms with van der Waals surface area (Å²) < 4.78 is 0. The summed E-state index contributed by atoms with van der Waals surface area (Å²) >= 11 is 0. The molecule has 0 saturated heterocycles. The van der Waals surface area contributed by atoms with E-state index in [0.717, 1.165) is 58.7 Å². The van der Waals surface area contributed by atoms with Crippen LogP contribution in [0.4, 0.5) is 0 Å². The van der Waals surface area contributed by atoms with Crippen molar-refractivity contribution in [2.75, 3.05) is 13.1 Å². The molecule has 0 aliphatic carbocycles. The van der Waals surface area contributed by atoms with Crippen LogP contribution in [-0.2, 0) is 4.79 Å². The Morgan fingerprint density at radius 3 is 2.56 bits per heavy atom. The highest BCUT2D eigenvalue weighted by Gasteiger charge is 2.15. The summed E-state index contributed by atoms with van der Waals surface area (Å²) in [6, 6.07) is 6.24. The summed E-state index contributed by atoms with van der Waals surface area (Å²) in [6.45, 7) is 18.2. The van der Waals surface area contributed by atoms with Gasteiger partial charge in [-0.3, -0.25) is 9.79 Å². The maximum absolute atomic E-state index is 13.3. The molecule has 36 heavy (non-hydrogen) atoms. The Morgan fingerprint density at radius 1 is 1.19 bits per heavy atom. The molecule has 196 valence electrons. The second-order valence-electron chi connectivity index (χ2n) is 9.23. The lowest BCUT2D eigenvalue weighted by Gasteiger charge is -2.15. The third-order valence-corrected chi connectivity index (χ3v) is 6.21. The average molecular weight is 490 g/mol. The maximum Gasteiger partial charge on any atom is 0.183 e. The Morgan fingerprint density at radius 2 is 1.94 bits per heavy atom. The van der Waals surface area contributed by atoms with Gasteiger partial charge in [0.1, 0.15) is 0 Å². The molecule has 1 aromatic rings. The third-order valence-electron chi connectivity index (χ3n) is 6.21. The third kappa shape index (κ3) is 10.3. The molecule has 0 aliphatic heterocycles. The second kappa shape index (κ2) is 17.4. The van der Waals surface area contributed by atoms with Crippen molar-refractivity contribution in [3.05, 3.63) is 81.4 Å². The molecule has 1 rings (SSSR count). The number of ketones is 1. The first-order chi connectivity index (χ1) is 17.3. The SMILES string of the molecule is C=c1cc(C)cc/c1=C(/N=CCC)C(C)C(/C=C\C(=O)/C(CNCC)=C(/C)CCCCC)=C/C=C/N. The summed E-state index contributed by atoms with van der Waals surface area (Å²) in [5.74, 6) is -0.0188. The van der Waals surface area contributed by atoms with Crippen molar-refractivity contribution in [1.29, 1.82) is 0 Å². The lowest BCUT2D eigenvalue weighted by Crippen LogP contribution is -2.27. The van der Waals surface area contributed by atoms with Gasteiger partial charge in [0, 0.05) is 29.5 Å². The number of allylic oxidation sites excluding steroid dienone is 5. The number of unbranched alkanes of at least 4 members (excludes halogenated alkanes) is 2. The smallest absolute Gasteiger partial charge is 0.183 e. The summed E-state index contributed by atoms with van der Waals surface area (Å²) in [5.41, 5.74) is 10.7. The van der Waals surface area contributed by atoms with Gasteiger partial charge >= 0.3 is 0 Å². The van der Waals surface area contributed by atoms with Crippen molar-refractivity contribution in [2.24, 2.45) is 16.6 Å². The van der Waals surface area contributed by atoms with Crippen LogP contribution >= 0.6 is 0 Å². The molecule has 3 N–H and O–H groups in total. The van der Waals surface area contributed by atoms with Gasteiger partial charge < -0.3 is 11.1 Å². The number of hydrogen-bond acceptors (Lipinski definition) is 4. The number of aryl methyl sites for hydroxylation is 1. The van der Waals surface area contributed by atoms with Crippen LogP contribution in [0, 0.1) is 12.8 Å². The molecule has 1 aromatic carbocycles. The zero-order chi connectivity index (χ0) is 26.9. The predicted molar refractivity (Wildman–Crippen MR) is 158 cm³/mol. The Balaban J connectivity index is 3.49. The molecule has 0 amide bonds. The van der Waals surface area contributed by atoms with Crippen LogP contribution in [0.25, 0.3) is 12.3 Å². The topological polar surface area (TPSA) is 67.5 Å². The number of carbonyl (C=O) groups is 1. The fraction of sp³-hybridized carbons (Fsp3) is 0.438. The zero-order valence-corrected chi connectivity index (χ0v) is 23.4. The minimum Gasteiger partial charge on any atom is -0.405 e. The van der Waals surface area contributed by atoms with Crippen LogP contribution < -0.4 is 21.5 Å². The number of nitrogens with zero attached hydrogens (tertiary/aromatic N) is 1. The monoisotopic (exact) mass is 489 g/mol. The second-order valence-corrected chi connectivity index (χ2v) is 9.23. The molecule has 4 nitrogen and oxygen atoms in total. The van der Waals surface area contributed by atoms with E-state index in [1.165, 1.54) is 24.6 Å². The lowest BCUT2D eigenvalue weighted by molar-refractivity contribution is -0.111. The van der Waals surface area contributed by atoms with E-state index in [2.05, 4.69) is 71.6 Å². The number of rotatable bonds is 15. The minimum absolute atomic E-state index is 0.0477. The fourth-order valence-electron chi connectivity index (χ4n) is 4.01. The molecule has 0 spiro atoms. The van der Waals surface area contributed by atoms with Crippen LogP contribution in [0.3, 0.4) is 0 Å². The van der Waals surface area contributed by atoms with Crippen molar-refractivity contribution in [3.63, 3.8) is 0 Å². The van der Waals surface area contributed by atoms with E-state index >= 15 is 0 Å². The first kappa shape index (κ1) is 31.1. The van der Waals surface area contributed by atoms with Crippen molar-refractivity contribution in [2.45, 2.75) is 73.6 Å². The van der Waals surface area contributed by atoms with Crippen LogP contribution in [0.1, 0.15) is 72.3 Å². The van der Waals surface area contributed by atoms with Gasteiger partial charge in [-0.25, -0.2) is 0 Å². The predicted octanol–water partition coefficient (Wildman–Crippen LogP) is 5.66. The quantitative estimate of drug-likeness (QED) is 0.145. The van der Waals surface area contributed by atoms with E-state index in [0.29, 0.717) is 6.54 Å². The number of hydrogen-bond donors (Lipinski definition) is 2. The van der Waals surface area contributed by atoms with Crippen molar-refractivity contribution >= 4 is 24.3 Å². The lowest BCUT2D eigenvalue weighted by atomic mass is 9.93. The number of benzene rings is 1. The summed E-state index contributed by atoms with van der Waals surface area (Å²) in [6.07, 6.45) is 16.0. The maximum atomic E-state index is 13.3. The zero-order valence-electron chi connectivity index (χ0n) is 23.4. The number of nitrogens with one attached hydrogen (secondary N) is 1. The standard InChI is InChI=1S/C32H47N3O/c1-8-11-12-14-25(5)30(23-34-10-3)31(36)19-17-28(15-13-20-33)27(7)32(35-21-9-2)29-18-16-24(4)22-26(29)6/h13,15-22,27,34H,6,8-12,14,23,33H2,1-5,7H3/b19-17-,20-13+,28-15+,30-25-,32-29-,35-21?. The molecular weight excluding hydrogens is 442 g/mol. The normalized spacial score (nSPS) is 15.1. The Hall–Kier alpha value is -2.98. The van der Waals surface area contributed by atoms with Gasteiger partial charge in [0.2, 0.25) is 0 Å². The van der Waals surface area contributed by atoms with E-state index in [4.69, 9.17) is 10.7 Å². The van der Waals surface area contributed by atoms with E-state index in [9.17, 15) is 4.79 Å². The van der Waals surface area contributed by atoms with Crippen molar-refractivity contribution in [3.8, 4) is 0 Å². The molecular formula is C32H47N3O. The summed E-state index contributed by atoms with van der Waals surface area (Å²) in [4.78, 5) is 18.1. The molecule has 0 aromatic heterocycles. The van der Waals surface area contributed by atoms with Crippen LogP contribution in [0.2, 0.25) is 0 Å². The minimum atomic E-state index is -0.0666. The van der Waals surface area contributed by atoms with Crippen molar-refractivity contribution < 1.29 is 4.79 Å². The van der Waals surface area contributed by atoms with Gasteiger partial charge in [0.15, 0.2) is 5.78 Å². The van der Waals surface area contributed by atoms with Crippen LogP contribution in [-0.4, -0.2) is 25.1 Å². The summed E-state index contributed by atoms with van der Waals surface area (Å²) in [7, 11) is 0. The Bertz CT molecular complexity index is 1100.